The Morgan fingerprint density at radius 1 is 1.25 bits per heavy atom. The van der Waals surface area contributed by atoms with E-state index in [0.717, 1.165) is 28.1 Å². The molecule has 0 aliphatic carbocycles. The average molecular weight is 341 g/mol. The molecule has 0 saturated heterocycles. The Hall–Kier alpha value is -2.47. The van der Waals surface area contributed by atoms with Gasteiger partial charge in [-0.2, -0.15) is 11.8 Å². The highest BCUT2D eigenvalue weighted by molar-refractivity contribution is 7.97. The van der Waals surface area contributed by atoms with Crippen molar-refractivity contribution >= 4 is 40.1 Å². The monoisotopic (exact) mass is 341 g/mol. The number of aromatic nitrogens is 1. The Morgan fingerprint density at radius 2 is 2.04 bits per heavy atom. The topological polar surface area (TPSA) is 58.4 Å². The van der Waals surface area contributed by atoms with Crippen LogP contribution in [0.2, 0.25) is 0 Å². The molecule has 0 saturated carbocycles. The maximum Gasteiger partial charge on any atom is 0.291 e. The van der Waals surface area contributed by atoms with Crippen LogP contribution in [0.5, 0.6) is 0 Å². The molecule has 2 heterocycles. The van der Waals surface area contributed by atoms with E-state index < -0.39 is 0 Å². The minimum Gasteiger partial charge on any atom is -0.451 e. The predicted molar refractivity (Wildman–Crippen MR) is 100.0 cm³/mol. The van der Waals surface area contributed by atoms with E-state index in [9.17, 15) is 4.79 Å². The van der Waals surface area contributed by atoms with Crippen molar-refractivity contribution in [2.75, 3.05) is 30.6 Å². The van der Waals surface area contributed by atoms with Crippen LogP contribution in [0.1, 0.15) is 16.1 Å². The summed E-state index contributed by atoms with van der Waals surface area (Å²) in [6, 6.07) is 11.4. The Bertz CT molecular complexity index is 856. The maximum absolute atomic E-state index is 12.6. The molecule has 2 aromatic heterocycles. The van der Waals surface area contributed by atoms with Gasteiger partial charge in [0.2, 0.25) is 0 Å². The van der Waals surface area contributed by atoms with Gasteiger partial charge in [-0.15, -0.1) is 0 Å². The van der Waals surface area contributed by atoms with Crippen molar-refractivity contribution in [1.29, 1.82) is 0 Å². The molecule has 0 radical (unpaired) electrons. The van der Waals surface area contributed by atoms with E-state index in [1.165, 1.54) is 0 Å². The fraction of sp³-hybridized carbons (Fsp3) is 0.222. The number of amides is 1. The highest BCUT2D eigenvalue weighted by Crippen LogP contribution is 2.29. The Labute approximate surface area is 145 Å². The quantitative estimate of drug-likeness (QED) is 0.760. The summed E-state index contributed by atoms with van der Waals surface area (Å²) in [7, 11) is 3.84. The Morgan fingerprint density at radius 3 is 2.71 bits per heavy atom. The number of nitrogens with zero attached hydrogens (tertiary/aromatic N) is 2. The molecule has 1 aromatic carbocycles. The van der Waals surface area contributed by atoms with Gasteiger partial charge in [0.15, 0.2) is 5.76 Å². The second kappa shape index (κ2) is 6.97. The summed E-state index contributed by atoms with van der Waals surface area (Å²) < 4.78 is 5.79. The number of benzene rings is 1. The van der Waals surface area contributed by atoms with E-state index in [0.29, 0.717) is 11.4 Å². The van der Waals surface area contributed by atoms with Crippen molar-refractivity contribution in [3.63, 3.8) is 0 Å². The average Bonchev–Trinajstić information content (AvgIpc) is 2.95. The number of hydrogen-bond donors (Lipinski definition) is 1. The summed E-state index contributed by atoms with van der Waals surface area (Å²) in [4.78, 5) is 18.9. The summed E-state index contributed by atoms with van der Waals surface area (Å²) in [6.07, 6.45) is 3.65. The number of fused-ring (bicyclic) bond motifs is 1. The maximum atomic E-state index is 12.6. The zero-order valence-corrected chi connectivity index (χ0v) is 14.7. The molecule has 3 aromatic rings. The van der Waals surface area contributed by atoms with E-state index >= 15 is 0 Å². The molecule has 24 heavy (non-hydrogen) atoms. The fourth-order valence-corrected chi connectivity index (χ4v) is 3.06. The lowest BCUT2D eigenvalue weighted by molar-refractivity contribution is 0.0998. The van der Waals surface area contributed by atoms with Gasteiger partial charge in [-0.1, -0.05) is 18.2 Å². The van der Waals surface area contributed by atoms with Gasteiger partial charge < -0.3 is 14.6 Å². The lowest BCUT2D eigenvalue weighted by atomic mass is 10.1. The van der Waals surface area contributed by atoms with Crippen molar-refractivity contribution in [2.24, 2.45) is 0 Å². The largest absolute Gasteiger partial charge is 0.451 e. The van der Waals surface area contributed by atoms with Crippen LogP contribution in [0.4, 0.5) is 11.5 Å². The summed E-state index contributed by atoms with van der Waals surface area (Å²) >= 11 is 1.66. The number of carbonyl (C=O) groups is 1. The molecule has 0 aliphatic heterocycles. The Kier molecular flexibility index (Phi) is 4.76. The molecule has 5 nitrogen and oxygen atoms in total. The van der Waals surface area contributed by atoms with Crippen molar-refractivity contribution < 1.29 is 9.21 Å². The molecular weight excluding hydrogens is 322 g/mol. The highest BCUT2D eigenvalue weighted by atomic mass is 32.2. The predicted octanol–water partition coefficient (Wildman–Crippen LogP) is 4.01. The van der Waals surface area contributed by atoms with Crippen LogP contribution in [-0.2, 0) is 5.75 Å². The molecular formula is C18H19N3O2S. The molecule has 3 rings (SSSR count). The van der Waals surface area contributed by atoms with Gasteiger partial charge >= 0.3 is 0 Å². The summed E-state index contributed by atoms with van der Waals surface area (Å²) in [5.74, 6) is 1.66. The highest BCUT2D eigenvalue weighted by Gasteiger charge is 2.20. The third-order valence-corrected chi connectivity index (χ3v) is 4.23. The first-order valence-electron chi connectivity index (χ1n) is 7.54. The number of pyridine rings is 1. The molecule has 0 aliphatic rings. The van der Waals surface area contributed by atoms with Crippen LogP contribution in [0.15, 0.2) is 47.0 Å². The van der Waals surface area contributed by atoms with Gasteiger partial charge in [0.1, 0.15) is 11.4 Å². The second-order valence-electron chi connectivity index (χ2n) is 5.59. The first kappa shape index (κ1) is 16.4. The van der Waals surface area contributed by atoms with Gasteiger partial charge in [-0.05, 0) is 24.5 Å². The number of furan rings is 1. The van der Waals surface area contributed by atoms with E-state index in [1.807, 2.05) is 61.6 Å². The Balaban J connectivity index is 1.89. The third kappa shape index (κ3) is 3.23. The fourth-order valence-electron chi connectivity index (χ4n) is 2.48. The smallest absolute Gasteiger partial charge is 0.291 e. The lowest BCUT2D eigenvalue weighted by Crippen LogP contribution is -2.14. The number of thioether (sulfide) groups is 1. The number of para-hydroxylation sites is 1. The molecule has 6 heteroatoms. The number of carbonyl (C=O) groups excluding carboxylic acids is 1. The van der Waals surface area contributed by atoms with Crippen LogP contribution in [-0.4, -0.2) is 31.2 Å². The van der Waals surface area contributed by atoms with Crippen LogP contribution in [0.25, 0.3) is 11.0 Å². The van der Waals surface area contributed by atoms with Gasteiger partial charge in [0.05, 0.1) is 11.9 Å². The van der Waals surface area contributed by atoms with E-state index in [1.54, 1.807) is 18.0 Å². The molecule has 0 atom stereocenters. The zero-order valence-electron chi connectivity index (χ0n) is 13.9. The number of hydrogen-bond acceptors (Lipinski definition) is 5. The van der Waals surface area contributed by atoms with Crippen molar-refractivity contribution in [1.82, 2.24) is 4.98 Å². The first-order valence-corrected chi connectivity index (χ1v) is 8.93. The molecule has 0 bridgehead atoms. The second-order valence-corrected chi connectivity index (χ2v) is 6.46. The lowest BCUT2D eigenvalue weighted by Gasteiger charge is -2.11. The van der Waals surface area contributed by atoms with Gasteiger partial charge in [-0.3, -0.25) is 4.79 Å². The zero-order chi connectivity index (χ0) is 17.1. The van der Waals surface area contributed by atoms with Gasteiger partial charge in [0.25, 0.3) is 5.91 Å². The van der Waals surface area contributed by atoms with Crippen molar-refractivity contribution in [3.05, 3.63) is 53.9 Å². The van der Waals surface area contributed by atoms with Gasteiger partial charge in [0, 0.05) is 30.8 Å². The molecule has 0 unspecified atom stereocenters. The van der Waals surface area contributed by atoms with Crippen molar-refractivity contribution in [3.8, 4) is 0 Å². The van der Waals surface area contributed by atoms with Gasteiger partial charge in [-0.25, -0.2) is 4.98 Å². The summed E-state index contributed by atoms with van der Waals surface area (Å²) in [5.41, 5.74) is 2.29. The first-order chi connectivity index (χ1) is 11.6. The van der Waals surface area contributed by atoms with Crippen molar-refractivity contribution in [2.45, 2.75) is 5.75 Å². The molecule has 1 amide bonds. The summed E-state index contributed by atoms with van der Waals surface area (Å²) in [6.45, 7) is 0. The molecule has 0 fully saturated rings. The standard InChI is InChI=1S/C18H19N3O2S/c1-21(2)16-9-8-12(10-19-16)20-18(22)17-14(11-24-3)13-6-4-5-7-15(13)23-17/h4-10H,11H2,1-3H3,(H,20,22). The van der Waals surface area contributed by atoms with Crippen LogP contribution in [0.3, 0.4) is 0 Å². The normalized spacial score (nSPS) is 10.8. The minimum absolute atomic E-state index is 0.255. The van der Waals surface area contributed by atoms with E-state index in [4.69, 9.17) is 4.42 Å². The SMILES string of the molecule is CSCc1c(C(=O)Nc2ccc(N(C)C)nc2)oc2ccccc12. The third-order valence-electron chi connectivity index (χ3n) is 3.66. The van der Waals surface area contributed by atoms with E-state index in [-0.39, 0.29) is 5.91 Å². The number of anilines is 2. The van der Waals surface area contributed by atoms with E-state index in [2.05, 4.69) is 10.3 Å². The number of rotatable bonds is 5. The molecule has 0 spiro atoms. The van der Waals surface area contributed by atoms with Crippen LogP contribution >= 0.6 is 11.8 Å². The number of nitrogens with one attached hydrogen (secondary N) is 1. The molecule has 1 N–H and O–H groups in total. The molecule has 124 valence electrons. The minimum atomic E-state index is -0.255. The summed E-state index contributed by atoms with van der Waals surface area (Å²) in [5, 5.41) is 3.85. The van der Waals surface area contributed by atoms with Crippen LogP contribution < -0.4 is 10.2 Å². The van der Waals surface area contributed by atoms with Crippen LogP contribution in [0, 0.1) is 0 Å².